The molecule has 0 N–H and O–H groups in total. The molecule has 1 aromatic heterocycles. The Labute approximate surface area is 233 Å². The van der Waals surface area contributed by atoms with Gasteiger partial charge in [-0.1, -0.05) is 28.1 Å². The summed E-state index contributed by atoms with van der Waals surface area (Å²) in [7, 11) is -1.47. The molecule has 1 aliphatic heterocycles. The number of imide groups is 1. The molecule has 39 heavy (non-hydrogen) atoms. The van der Waals surface area contributed by atoms with Crippen molar-refractivity contribution in [3.8, 4) is 11.5 Å². The fourth-order valence-electron chi connectivity index (χ4n) is 4.39. The molecule has 5 rings (SSSR count). The Morgan fingerprint density at radius 2 is 1.69 bits per heavy atom. The van der Waals surface area contributed by atoms with Gasteiger partial charge in [-0.2, -0.15) is 4.31 Å². The van der Waals surface area contributed by atoms with E-state index in [1.807, 2.05) is 24.3 Å². The van der Waals surface area contributed by atoms with E-state index in [0.717, 1.165) is 9.21 Å². The van der Waals surface area contributed by atoms with E-state index in [1.54, 1.807) is 36.4 Å². The second kappa shape index (κ2) is 11.0. The number of para-hydroxylation sites is 2. The van der Waals surface area contributed by atoms with Crippen LogP contribution in [0.15, 0.2) is 86.6 Å². The van der Waals surface area contributed by atoms with Crippen molar-refractivity contribution in [1.29, 1.82) is 0 Å². The van der Waals surface area contributed by atoms with Gasteiger partial charge in [-0.05, 0) is 60.7 Å². The van der Waals surface area contributed by atoms with Gasteiger partial charge in [0.15, 0.2) is 11.9 Å². The van der Waals surface area contributed by atoms with Crippen LogP contribution in [-0.4, -0.2) is 62.6 Å². The quantitative estimate of drug-likeness (QED) is 0.203. The molecule has 4 aromatic rings. The first-order valence-corrected chi connectivity index (χ1v) is 14.1. The highest BCUT2D eigenvalue weighted by Gasteiger charge is 2.47. The molecule has 1 unspecified atom stereocenters. The average Bonchev–Trinajstić information content (AvgIpc) is 3.50. The summed E-state index contributed by atoms with van der Waals surface area (Å²) in [5, 5.41) is 0. The van der Waals surface area contributed by atoms with E-state index in [1.165, 1.54) is 26.4 Å². The Kier molecular flexibility index (Phi) is 7.65. The number of carbonyl (C=O) groups excluding carboxylic acids is 2. The van der Waals surface area contributed by atoms with Crippen LogP contribution in [0.3, 0.4) is 0 Å². The molecule has 2 heterocycles. The van der Waals surface area contributed by atoms with Crippen LogP contribution in [-0.2, 0) is 29.1 Å². The lowest BCUT2D eigenvalue weighted by Crippen LogP contribution is -2.49. The normalized spacial score (nSPS) is 16.2. The first-order valence-electron chi connectivity index (χ1n) is 11.9. The van der Waals surface area contributed by atoms with E-state index >= 15 is 0 Å². The van der Waals surface area contributed by atoms with Gasteiger partial charge in [0.2, 0.25) is 21.8 Å². The zero-order valence-electron chi connectivity index (χ0n) is 21.0. The van der Waals surface area contributed by atoms with Crippen molar-refractivity contribution < 1.29 is 31.9 Å². The number of nitrogens with zero attached hydrogens (tertiary/aromatic N) is 3. The monoisotopic (exact) mass is 613 g/mol. The molecule has 2 amide bonds. The summed E-state index contributed by atoms with van der Waals surface area (Å²) in [6.45, 7) is -0.292. The van der Waals surface area contributed by atoms with Crippen molar-refractivity contribution in [3.63, 3.8) is 0 Å². The van der Waals surface area contributed by atoms with Crippen LogP contribution in [0.5, 0.6) is 0 Å². The molecule has 0 bridgehead atoms. The summed E-state index contributed by atoms with van der Waals surface area (Å²) in [6.07, 6.45) is -1.29. The highest BCUT2D eigenvalue weighted by molar-refractivity contribution is 9.10. The number of ether oxygens (including phenoxy) is 2. The van der Waals surface area contributed by atoms with E-state index in [2.05, 4.69) is 20.9 Å². The minimum atomic E-state index is -4.20. The van der Waals surface area contributed by atoms with Crippen LogP contribution in [0, 0.1) is 0 Å². The molecule has 202 valence electrons. The van der Waals surface area contributed by atoms with Gasteiger partial charge >= 0.3 is 0 Å². The fourth-order valence-corrected chi connectivity index (χ4v) is 6.22. The molecule has 3 aromatic carbocycles. The lowest BCUT2D eigenvalue weighted by molar-refractivity contribution is -0.125. The smallest absolute Gasteiger partial charge is 0.252 e. The Balaban J connectivity index is 1.45. The molecular weight excluding hydrogens is 590 g/mol. The molecule has 0 aliphatic carbocycles. The van der Waals surface area contributed by atoms with Crippen molar-refractivity contribution in [2.75, 3.05) is 25.7 Å². The number of rotatable bonds is 9. The van der Waals surface area contributed by atoms with Gasteiger partial charge in [0.25, 0.3) is 5.91 Å². The number of amides is 2. The number of sulfonamides is 1. The average molecular weight is 614 g/mol. The number of benzene rings is 3. The molecule has 1 aliphatic rings. The molecule has 1 fully saturated rings. The van der Waals surface area contributed by atoms with Crippen molar-refractivity contribution in [2.24, 2.45) is 0 Å². The fraction of sp³-hybridized carbons (Fsp3) is 0.222. The third-order valence-electron chi connectivity index (χ3n) is 6.41. The van der Waals surface area contributed by atoms with E-state index in [0.29, 0.717) is 32.7 Å². The molecule has 10 nitrogen and oxygen atoms in total. The van der Waals surface area contributed by atoms with E-state index in [-0.39, 0.29) is 17.9 Å². The minimum Gasteiger partial charge on any atom is -0.436 e. The Bertz CT molecular complexity index is 1580. The number of fused-ring (bicyclic) bond motifs is 1. The van der Waals surface area contributed by atoms with Crippen molar-refractivity contribution >= 4 is 54.6 Å². The second-order valence-electron chi connectivity index (χ2n) is 8.75. The summed E-state index contributed by atoms with van der Waals surface area (Å²) in [5.41, 5.74) is 2.32. The third-order valence-corrected chi connectivity index (χ3v) is 8.83. The van der Waals surface area contributed by atoms with Gasteiger partial charge in [0, 0.05) is 24.3 Å². The van der Waals surface area contributed by atoms with Gasteiger partial charge in [0.05, 0.1) is 23.5 Å². The van der Waals surface area contributed by atoms with E-state index < -0.39 is 34.2 Å². The van der Waals surface area contributed by atoms with Gasteiger partial charge in [0.1, 0.15) is 11.6 Å². The van der Waals surface area contributed by atoms with Crippen LogP contribution in [0.1, 0.15) is 6.42 Å². The van der Waals surface area contributed by atoms with E-state index in [9.17, 15) is 18.0 Å². The highest BCUT2D eigenvalue weighted by atomic mass is 79.9. The molecule has 0 saturated carbocycles. The van der Waals surface area contributed by atoms with Gasteiger partial charge in [-0.3, -0.25) is 9.59 Å². The first kappa shape index (κ1) is 27.2. The van der Waals surface area contributed by atoms with Gasteiger partial charge in [-0.25, -0.2) is 18.3 Å². The summed E-state index contributed by atoms with van der Waals surface area (Å²) in [4.78, 5) is 32.1. The predicted octanol–water partition coefficient (Wildman–Crippen LogP) is 4.20. The van der Waals surface area contributed by atoms with E-state index in [4.69, 9.17) is 13.9 Å². The van der Waals surface area contributed by atoms with Gasteiger partial charge in [-0.15, -0.1) is 0 Å². The third kappa shape index (κ3) is 5.25. The Hall–Kier alpha value is -3.42. The van der Waals surface area contributed by atoms with Crippen LogP contribution in [0.2, 0.25) is 0 Å². The van der Waals surface area contributed by atoms with Crippen molar-refractivity contribution in [2.45, 2.75) is 23.6 Å². The number of oxazole rings is 1. The lowest BCUT2D eigenvalue weighted by Gasteiger charge is -2.29. The summed E-state index contributed by atoms with van der Waals surface area (Å²) >= 11 is 3.29. The number of anilines is 1. The molecule has 0 spiro atoms. The predicted molar refractivity (Wildman–Crippen MR) is 146 cm³/mol. The van der Waals surface area contributed by atoms with Crippen LogP contribution >= 0.6 is 15.9 Å². The Morgan fingerprint density at radius 3 is 2.33 bits per heavy atom. The lowest BCUT2D eigenvalue weighted by atomic mass is 10.2. The number of aromatic nitrogens is 1. The molecule has 12 heteroatoms. The Morgan fingerprint density at radius 1 is 1.03 bits per heavy atom. The standard InChI is InChI=1S/C27H24BrN3O7S/c1-36-25(37-2)16-30(39(34,35)20-13-9-18(28)10-14-20)22-15-24(32)31(27(22)33)19-11-7-17(8-12-19)26-29-21-5-3-4-6-23(21)38-26/h3-14,22,25H,15-16H2,1-2H3. The number of halogens is 1. The first-order chi connectivity index (χ1) is 18.7. The van der Waals surface area contributed by atoms with Crippen LogP contribution < -0.4 is 4.90 Å². The number of hydrogen-bond donors (Lipinski definition) is 0. The summed E-state index contributed by atoms with van der Waals surface area (Å²) < 4.78 is 45.3. The SMILES string of the molecule is COC(CN(C1CC(=O)N(c2ccc(-c3nc4ccccc4o3)cc2)C1=O)S(=O)(=O)c1ccc(Br)cc1)OC. The number of hydrogen-bond acceptors (Lipinski definition) is 8. The summed E-state index contributed by atoms with van der Waals surface area (Å²) in [5.74, 6) is -0.792. The zero-order valence-corrected chi connectivity index (χ0v) is 23.4. The maximum absolute atomic E-state index is 13.7. The maximum atomic E-state index is 13.7. The van der Waals surface area contributed by atoms with Crippen molar-refractivity contribution in [3.05, 3.63) is 77.3 Å². The second-order valence-corrected chi connectivity index (χ2v) is 11.6. The van der Waals surface area contributed by atoms with Crippen molar-refractivity contribution in [1.82, 2.24) is 9.29 Å². The molecule has 1 atom stereocenters. The molecule has 0 radical (unpaired) electrons. The van der Waals surface area contributed by atoms with Crippen LogP contribution in [0.25, 0.3) is 22.6 Å². The molecular formula is C27H24BrN3O7S. The maximum Gasteiger partial charge on any atom is 0.252 e. The number of carbonyl (C=O) groups is 2. The van der Waals surface area contributed by atoms with Gasteiger partial charge < -0.3 is 13.9 Å². The summed E-state index contributed by atoms with van der Waals surface area (Å²) in [6, 6.07) is 18.7. The largest absolute Gasteiger partial charge is 0.436 e. The molecule has 1 saturated heterocycles. The van der Waals surface area contributed by atoms with Crippen LogP contribution in [0.4, 0.5) is 5.69 Å². The highest BCUT2D eigenvalue weighted by Crippen LogP contribution is 2.32. The minimum absolute atomic E-state index is 0.0296. The topological polar surface area (TPSA) is 119 Å². The number of methoxy groups -OCH3 is 2. The zero-order chi connectivity index (χ0) is 27.7.